The first-order chi connectivity index (χ1) is 19.2. The molecule has 1 aliphatic rings. The van der Waals surface area contributed by atoms with E-state index in [1.54, 1.807) is 19.2 Å². The summed E-state index contributed by atoms with van der Waals surface area (Å²) in [6.45, 7) is 7.54. The molecule has 0 bridgehead atoms. The average Bonchev–Trinajstić information content (AvgIpc) is 2.96. The molecule has 3 aromatic carbocycles. The van der Waals surface area contributed by atoms with Crippen LogP contribution in [0.5, 0.6) is 11.5 Å². The van der Waals surface area contributed by atoms with Gasteiger partial charge in [0.15, 0.2) is 0 Å². The second kappa shape index (κ2) is 13.3. The lowest BCUT2D eigenvalue weighted by molar-refractivity contribution is -0.141. The van der Waals surface area contributed by atoms with E-state index in [1.807, 2.05) is 36.4 Å². The fourth-order valence-electron chi connectivity index (χ4n) is 5.64. The molecule has 4 rings (SSSR count). The second-order valence-corrected chi connectivity index (χ2v) is 11.2. The van der Waals surface area contributed by atoms with Gasteiger partial charge in [-0.3, -0.25) is 4.79 Å². The third-order valence-electron chi connectivity index (χ3n) is 7.83. The van der Waals surface area contributed by atoms with Gasteiger partial charge in [-0.1, -0.05) is 51.5 Å². The first-order valence-corrected chi connectivity index (χ1v) is 14.1. The number of carbonyl (C=O) groups is 1. The van der Waals surface area contributed by atoms with E-state index >= 15 is 4.39 Å². The Balaban J connectivity index is 1.64. The van der Waals surface area contributed by atoms with Gasteiger partial charge in [0, 0.05) is 12.2 Å². The largest absolute Gasteiger partial charge is 0.497 e. The van der Waals surface area contributed by atoms with Gasteiger partial charge in [0.2, 0.25) is 0 Å². The van der Waals surface area contributed by atoms with Crippen LogP contribution in [0.2, 0.25) is 0 Å². The Labute approximate surface area is 237 Å². The zero-order valence-electron chi connectivity index (χ0n) is 24.3. The van der Waals surface area contributed by atoms with Gasteiger partial charge in [0.25, 0.3) is 0 Å². The molecule has 0 amide bonds. The molecule has 40 heavy (non-hydrogen) atoms. The predicted molar refractivity (Wildman–Crippen MR) is 155 cm³/mol. The molecule has 1 heterocycles. The Kier molecular flexibility index (Phi) is 9.85. The Morgan fingerprint density at radius 1 is 1.05 bits per heavy atom. The van der Waals surface area contributed by atoms with Gasteiger partial charge >= 0.3 is 5.97 Å². The topological polar surface area (TPSA) is 54.0 Å². The van der Waals surface area contributed by atoms with Crippen LogP contribution in [0.25, 0.3) is 11.1 Å². The van der Waals surface area contributed by atoms with Crippen LogP contribution in [0.15, 0.2) is 60.7 Å². The zero-order valence-corrected chi connectivity index (χ0v) is 24.3. The van der Waals surface area contributed by atoms with Crippen molar-refractivity contribution in [2.75, 3.05) is 20.8 Å². The van der Waals surface area contributed by atoms with Gasteiger partial charge in [-0.2, -0.15) is 0 Å². The molecular weight excluding hydrogens is 507 g/mol. The zero-order chi connectivity index (χ0) is 28.7. The third kappa shape index (κ3) is 7.03. The van der Waals surface area contributed by atoms with Crippen molar-refractivity contribution in [1.82, 2.24) is 0 Å². The van der Waals surface area contributed by atoms with Crippen molar-refractivity contribution in [3.05, 3.63) is 83.2 Å². The van der Waals surface area contributed by atoms with E-state index in [-0.39, 0.29) is 29.2 Å². The smallest absolute Gasteiger partial charge is 0.306 e. The summed E-state index contributed by atoms with van der Waals surface area (Å²) in [6.07, 6.45) is 4.04. The van der Waals surface area contributed by atoms with Gasteiger partial charge in [-0.15, -0.1) is 0 Å². The minimum absolute atomic E-state index is 0.0790. The molecule has 0 spiro atoms. The summed E-state index contributed by atoms with van der Waals surface area (Å²) < 4.78 is 38.0. The molecule has 0 aromatic heterocycles. The summed E-state index contributed by atoms with van der Waals surface area (Å²) in [6, 6.07) is 18.8. The Hall–Kier alpha value is -3.38. The first kappa shape index (κ1) is 29.6. The number of halogens is 1. The van der Waals surface area contributed by atoms with Gasteiger partial charge in [-0.05, 0) is 89.2 Å². The lowest BCUT2D eigenvalue weighted by Crippen LogP contribution is -2.30. The predicted octanol–water partition coefficient (Wildman–Crippen LogP) is 8.40. The average molecular weight is 549 g/mol. The standard InChI is InChI=1S/C34H41FO5/c1-6-9-24(20-32(36)38-5)25-10-7-11-27(19-25)40-22-23-12-14-28(29-21-26(37-4)13-15-31(29)35)30(18-23)33-34(2,3)16-8-17-39-33/h7,10-15,18-19,21,24,33H,6,8-9,16-17,20,22H2,1-5H3/t24-,33?/m0/s1. The maximum Gasteiger partial charge on any atom is 0.306 e. The fourth-order valence-corrected chi connectivity index (χ4v) is 5.64. The number of hydrogen-bond acceptors (Lipinski definition) is 5. The lowest BCUT2D eigenvalue weighted by Gasteiger charge is -2.39. The number of ether oxygens (including phenoxy) is 4. The van der Waals surface area contributed by atoms with Crippen molar-refractivity contribution in [3.8, 4) is 22.6 Å². The number of benzene rings is 3. The molecule has 3 aromatic rings. The number of methoxy groups -OCH3 is 2. The summed E-state index contributed by atoms with van der Waals surface area (Å²) in [7, 11) is 3.01. The third-order valence-corrected chi connectivity index (χ3v) is 7.83. The molecule has 0 aliphatic carbocycles. The number of esters is 1. The van der Waals surface area contributed by atoms with E-state index in [0.29, 0.717) is 30.9 Å². The SMILES string of the molecule is CCC[C@@H](CC(=O)OC)c1cccc(OCc2ccc(-c3cc(OC)ccc3F)c(C3OCCCC3(C)C)c2)c1. The van der Waals surface area contributed by atoms with Crippen molar-refractivity contribution < 1.29 is 28.1 Å². The molecule has 1 fully saturated rings. The van der Waals surface area contributed by atoms with Crippen molar-refractivity contribution >= 4 is 5.97 Å². The molecule has 2 atom stereocenters. The highest BCUT2D eigenvalue weighted by molar-refractivity contribution is 5.71. The van der Waals surface area contributed by atoms with E-state index in [2.05, 4.69) is 26.8 Å². The first-order valence-electron chi connectivity index (χ1n) is 14.1. The van der Waals surface area contributed by atoms with Crippen molar-refractivity contribution in [3.63, 3.8) is 0 Å². The maximum absolute atomic E-state index is 15.1. The van der Waals surface area contributed by atoms with Crippen LogP contribution in [0.3, 0.4) is 0 Å². The molecule has 0 radical (unpaired) electrons. The molecule has 1 saturated heterocycles. The van der Waals surface area contributed by atoms with Crippen LogP contribution in [0, 0.1) is 11.2 Å². The summed E-state index contributed by atoms with van der Waals surface area (Å²) in [5.74, 6) is 0.910. The van der Waals surface area contributed by atoms with Gasteiger partial charge < -0.3 is 18.9 Å². The summed E-state index contributed by atoms with van der Waals surface area (Å²) in [5, 5.41) is 0. The number of hydrogen-bond donors (Lipinski definition) is 0. The van der Waals surface area contributed by atoms with E-state index in [0.717, 1.165) is 53.7 Å². The van der Waals surface area contributed by atoms with Crippen LogP contribution in [-0.4, -0.2) is 26.8 Å². The van der Waals surface area contributed by atoms with Gasteiger partial charge in [0.1, 0.15) is 23.9 Å². The Morgan fingerprint density at radius 3 is 2.60 bits per heavy atom. The van der Waals surface area contributed by atoms with E-state index < -0.39 is 0 Å². The quantitative estimate of drug-likeness (QED) is 0.225. The highest BCUT2D eigenvalue weighted by Crippen LogP contribution is 2.47. The van der Waals surface area contributed by atoms with Crippen molar-refractivity contribution in [2.45, 2.75) is 71.5 Å². The van der Waals surface area contributed by atoms with Crippen molar-refractivity contribution in [1.29, 1.82) is 0 Å². The van der Waals surface area contributed by atoms with Crippen LogP contribution >= 0.6 is 0 Å². The van der Waals surface area contributed by atoms with E-state index in [1.165, 1.54) is 13.2 Å². The monoisotopic (exact) mass is 548 g/mol. The summed E-state index contributed by atoms with van der Waals surface area (Å²) in [5.41, 5.74) is 4.17. The number of carbonyl (C=O) groups excluding carboxylic acids is 1. The molecular formula is C34H41FO5. The summed E-state index contributed by atoms with van der Waals surface area (Å²) in [4.78, 5) is 12.0. The Bertz CT molecular complexity index is 1300. The molecule has 6 heteroatoms. The minimum atomic E-state index is -0.301. The van der Waals surface area contributed by atoms with E-state index in [9.17, 15) is 4.79 Å². The van der Waals surface area contributed by atoms with Crippen LogP contribution in [-0.2, 0) is 20.9 Å². The van der Waals surface area contributed by atoms with Crippen LogP contribution in [0.1, 0.15) is 81.6 Å². The molecule has 1 unspecified atom stereocenters. The molecule has 0 saturated carbocycles. The Morgan fingerprint density at radius 2 is 1.88 bits per heavy atom. The van der Waals surface area contributed by atoms with Gasteiger partial charge in [0.05, 0.1) is 26.7 Å². The summed E-state index contributed by atoms with van der Waals surface area (Å²) >= 11 is 0. The minimum Gasteiger partial charge on any atom is -0.497 e. The van der Waals surface area contributed by atoms with Gasteiger partial charge in [-0.25, -0.2) is 4.39 Å². The highest BCUT2D eigenvalue weighted by atomic mass is 19.1. The van der Waals surface area contributed by atoms with Crippen LogP contribution in [0.4, 0.5) is 4.39 Å². The fraction of sp³-hybridized carbons (Fsp3) is 0.441. The van der Waals surface area contributed by atoms with Crippen molar-refractivity contribution in [2.24, 2.45) is 5.41 Å². The number of rotatable bonds is 11. The highest BCUT2D eigenvalue weighted by Gasteiger charge is 2.36. The molecule has 5 nitrogen and oxygen atoms in total. The van der Waals surface area contributed by atoms with E-state index in [4.69, 9.17) is 18.9 Å². The molecule has 1 aliphatic heterocycles. The molecule has 0 N–H and O–H groups in total. The maximum atomic E-state index is 15.1. The lowest BCUT2D eigenvalue weighted by atomic mass is 9.75. The van der Waals surface area contributed by atoms with Crippen LogP contribution < -0.4 is 9.47 Å². The normalized spacial score (nSPS) is 17.2. The molecule has 214 valence electrons. The second-order valence-electron chi connectivity index (χ2n) is 11.2.